The van der Waals surface area contributed by atoms with E-state index >= 15 is 0 Å². The van der Waals surface area contributed by atoms with Crippen molar-refractivity contribution in [2.24, 2.45) is 11.3 Å². The van der Waals surface area contributed by atoms with Gasteiger partial charge in [0.25, 0.3) is 0 Å². The molecule has 4 heteroatoms. The highest BCUT2D eigenvalue weighted by Crippen LogP contribution is 2.42. The van der Waals surface area contributed by atoms with E-state index in [1.54, 1.807) is 0 Å². The molecule has 2 atom stereocenters. The molecule has 1 heterocycles. The van der Waals surface area contributed by atoms with Gasteiger partial charge in [0.1, 0.15) is 0 Å². The molecule has 1 aliphatic heterocycles. The minimum atomic E-state index is -1.24. The second-order valence-corrected chi connectivity index (χ2v) is 8.12. The van der Waals surface area contributed by atoms with Crippen LogP contribution in [-0.4, -0.2) is 27.2 Å². The van der Waals surface area contributed by atoms with Gasteiger partial charge >= 0.3 is 5.97 Å². The summed E-state index contributed by atoms with van der Waals surface area (Å²) in [5.74, 6) is -0.0453. The van der Waals surface area contributed by atoms with Gasteiger partial charge in [-0.1, -0.05) is 20.8 Å². The third-order valence-electron chi connectivity index (χ3n) is 2.98. The third-order valence-corrected chi connectivity index (χ3v) is 3.94. The summed E-state index contributed by atoms with van der Waals surface area (Å²) < 4.78 is 11.1. The Balaban J connectivity index is 2.94. The molecule has 0 saturated carbocycles. The van der Waals surface area contributed by atoms with E-state index in [0.717, 1.165) is 0 Å². The summed E-state index contributed by atoms with van der Waals surface area (Å²) in [5.41, 5.74) is -0.692. The normalized spacial score (nSPS) is 32.2. The molecule has 0 spiro atoms. The second kappa shape index (κ2) is 3.90. The van der Waals surface area contributed by atoms with Crippen LogP contribution < -0.4 is 0 Å². The van der Waals surface area contributed by atoms with Gasteiger partial charge in [-0.25, -0.2) is 4.79 Å². The minimum absolute atomic E-state index is 0.0319. The molecule has 0 aromatic carbocycles. The van der Waals surface area contributed by atoms with E-state index in [1.165, 1.54) is 0 Å². The van der Waals surface area contributed by atoms with Crippen LogP contribution in [0.2, 0.25) is 13.1 Å². The summed E-state index contributed by atoms with van der Waals surface area (Å²) in [6, 6.07) is 0. The largest absolute Gasteiger partial charge is 0.463 e. The molecule has 1 aliphatic rings. The van der Waals surface area contributed by atoms with E-state index < -0.39 is 14.6 Å². The Kier molecular flexibility index (Phi) is 3.31. The van der Waals surface area contributed by atoms with Gasteiger partial charge in [-0.3, -0.25) is 0 Å². The van der Waals surface area contributed by atoms with Crippen molar-refractivity contribution in [3.05, 3.63) is 0 Å². The minimum Gasteiger partial charge on any atom is -0.463 e. The molecule has 1 saturated heterocycles. The summed E-state index contributed by atoms with van der Waals surface area (Å²) >= 11 is 0. The summed E-state index contributed by atoms with van der Waals surface area (Å²) in [6.07, 6.45) is 0. The van der Waals surface area contributed by atoms with E-state index in [4.69, 9.17) is 9.16 Å². The Morgan fingerprint density at radius 2 is 2.00 bits per heavy atom. The zero-order valence-corrected chi connectivity index (χ0v) is 11.7. The first-order valence-corrected chi connectivity index (χ1v) is 8.31. The quantitative estimate of drug-likeness (QED) is 0.537. The molecule has 0 radical (unpaired) electrons. The van der Waals surface area contributed by atoms with Gasteiger partial charge in [-0.2, -0.15) is 0 Å². The van der Waals surface area contributed by atoms with E-state index in [1.807, 2.05) is 6.92 Å². The smallest absolute Gasteiger partial charge is 0.337 e. The standard InChI is InChI=1S/C11H22O3Si/c1-10(2,3)8-7-13-9(12)11(8,4)14-15(5)6/h8,15H,7H2,1-6H3. The van der Waals surface area contributed by atoms with Gasteiger partial charge < -0.3 is 9.16 Å². The predicted octanol–water partition coefficient (Wildman–Crippen LogP) is 1.96. The number of carbonyl (C=O) groups excluding carboxylic acids is 1. The Hall–Kier alpha value is -0.353. The summed E-state index contributed by atoms with van der Waals surface area (Å²) in [7, 11) is -1.24. The first kappa shape index (κ1) is 12.7. The number of rotatable bonds is 2. The number of cyclic esters (lactones) is 1. The van der Waals surface area contributed by atoms with Gasteiger partial charge in [-0.05, 0) is 25.4 Å². The Labute approximate surface area is 93.9 Å². The van der Waals surface area contributed by atoms with Crippen molar-refractivity contribution in [3.8, 4) is 0 Å². The maximum absolute atomic E-state index is 11.8. The molecule has 0 bridgehead atoms. The Morgan fingerprint density at radius 3 is 2.40 bits per heavy atom. The summed E-state index contributed by atoms with van der Waals surface area (Å²) in [4.78, 5) is 11.8. The van der Waals surface area contributed by atoms with Crippen LogP contribution in [0.1, 0.15) is 27.7 Å². The lowest BCUT2D eigenvalue weighted by atomic mass is 9.73. The first-order valence-electron chi connectivity index (χ1n) is 5.53. The lowest BCUT2D eigenvalue weighted by molar-refractivity contribution is -0.151. The molecule has 0 N–H and O–H groups in total. The fraction of sp³-hybridized carbons (Fsp3) is 0.909. The number of carbonyl (C=O) groups is 1. The first-order chi connectivity index (χ1) is 6.68. The summed E-state index contributed by atoms with van der Waals surface area (Å²) in [6.45, 7) is 12.9. The second-order valence-electron chi connectivity index (χ2n) is 5.79. The molecule has 0 amide bonds. The molecule has 88 valence electrons. The van der Waals surface area contributed by atoms with E-state index in [-0.39, 0.29) is 17.3 Å². The molecular formula is C11H22O3Si. The average Bonchev–Trinajstić information content (AvgIpc) is 2.25. The molecule has 3 nitrogen and oxygen atoms in total. The van der Waals surface area contributed by atoms with Crippen LogP contribution >= 0.6 is 0 Å². The van der Waals surface area contributed by atoms with E-state index in [9.17, 15) is 4.79 Å². The molecule has 0 aromatic rings. The number of hydrogen-bond acceptors (Lipinski definition) is 3. The topological polar surface area (TPSA) is 35.5 Å². The van der Waals surface area contributed by atoms with Crippen molar-refractivity contribution in [3.63, 3.8) is 0 Å². The highest BCUT2D eigenvalue weighted by atomic mass is 28.3. The SMILES string of the molecule is C[SiH](C)OC1(C)C(=O)OCC1C(C)(C)C. The van der Waals surface area contributed by atoms with Gasteiger partial charge in [0.05, 0.1) is 6.61 Å². The fourth-order valence-corrected chi connectivity index (χ4v) is 3.54. The maximum Gasteiger partial charge on any atom is 0.337 e. The fourth-order valence-electron chi connectivity index (χ4n) is 2.30. The zero-order chi connectivity index (χ0) is 11.9. The van der Waals surface area contributed by atoms with Crippen molar-refractivity contribution in [2.45, 2.75) is 46.4 Å². The van der Waals surface area contributed by atoms with Crippen LogP contribution in [0.25, 0.3) is 0 Å². The van der Waals surface area contributed by atoms with Crippen LogP contribution in [0.3, 0.4) is 0 Å². The van der Waals surface area contributed by atoms with Crippen molar-refractivity contribution >= 4 is 15.0 Å². The molecule has 1 rings (SSSR count). The molecular weight excluding hydrogens is 208 g/mol. The van der Waals surface area contributed by atoms with Crippen molar-refractivity contribution < 1.29 is 14.0 Å². The van der Waals surface area contributed by atoms with Crippen molar-refractivity contribution in [2.75, 3.05) is 6.61 Å². The van der Waals surface area contributed by atoms with E-state index in [0.29, 0.717) is 6.61 Å². The Bertz CT molecular complexity index is 257. The van der Waals surface area contributed by atoms with Crippen LogP contribution in [0.15, 0.2) is 0 Å². The lowest BCUT2D eigenvalue weighted by Gasteiger charge is -2.37. The van der Waals surface area contributed by atoms with Crippen LogP contribution in [0.4, 0.5) is 0 Å². The van der Waals surface area contributed by atoms with Gasteiger partial charge in [-0.15, -0.1) is 0 Å². The lowest BCUT2D eigenvalue weighted by Crippen LogP contribution is -2.48. The average molecular weight is 230 g/mol. The number of ether oxygens (including phenoxy) is 1. The highest BCUT2D eigenvalue weighted by molar-refractivity contribution is 6.48. The predicted molar refractivity (Wildman–Crippen MR) is 62.3 cm³/mol. The summed E-state index contributed by atoms with van der Waals surface area (Å²) in [5, 5.41) is 0. The van der Waals surface area contributed by atoms with Crippen molar-refractivity contribution in [1.29, 1.82) is 0 Å². The number of esters is 1. The Morgan fingerprint density at radius 1 is 1.47 bits per heavy atom. The highest BCUT2D eigenvalue weighted by Gasteiger charge is 2.54. The van der Waals surface area contributed by atoms with Crippen LogP contribution in [0, 0.1) is 11.3 Å². The van der Waals surface area contributed by atoms with Gasteiger partial charge in [0.15, 0.2) is 14.6 Å². The van der Waals surface area contributed by atoms with Crippen LogP contribution in [-0.2, 0) is 14.0 Å². The molecule has 0 aliphatic carbocycles. The molecule has 15 heavy (non-hydrogen) atoms. The van der Waals surface area contributed by atoms with Gasteiger partial charge in [0, 0.05) is 5.92 Å². The monoisotopic (exact) mass is 230 g/mol. The number of hydrogen-bond donors (Lipinski definition) is 0. The van der Waals surface area contributed by atoms with Crippen LogP contribution in [0.5, 0.6) is 0 Å². The maximum atomic E-state index is 11.8. The van der Waals surface area contributed by atoms with Crippen molar-refractivity contribution in [1.82, 2.24) is 0 Å². The molecule has 0 aromatic heterocycles. The molecule has 1 fully saturated rings. The molecule has 2 unspecified atom stereocenters. The van der Waals surface area contributed by atoms with Gasteiger partial charge in [0.2, 0.25) is 0 Å². The van der Waals surface area contributed by atoms with E-state index in [2.05, 4.69) is 33.9 Å². The zero-order valence-electron chi connectivity index (χ0n) is 10.6. The third kappa shape index (κ3) is 2.42.